The van der Waals surface area contributed by atoms with Crippen molar-refractivity contribution in [2.24, 2.45) is 5.41 Å². The quantitative estimate of drug-likeness (QED) is 0.713. The van der Waals surface area contributed by atoms with E-state index in [-0.39, 0.29) is 24.4 Å². The first-order valence-electron chi connectivity index (χ1n) is 11.2. The van der Waals surface area contributed by atoms with Crippen LogP contribution in [-0.4, -0.2) is 72.8 Å². The molecule has 0 aromatic heterocycles. The van der Waals surface area contributed by atoms with Crippen LogP contribution in [0.2, 0.25) is 0 Å². The monoisotopic (exact) mass is 435 g/mol. The lowest BCUT2D eigenvalue weighted by Gasteiger charge is -2.44. The zero-order chi connectivity index (χ0) is 22.1. The fourth-order valence-corrected chi connectivity index (χ4v) is 4.84. The molecule has 3 saturated heterocycles. The Hall–Kier alpha value is -2.19. The molecule has 3 heterocycles. The number of piperidine rings is 2. The molecule has 0 aliphatic carbocycles. The Morgan fingerprint density at radius 1 is 1.10 bits per heavy atom. The fraction of sp³-hybridized carbons (Fsp3) is 0.652. The van der Waals surface area contributed by atoms with E-state index in [4.69, 9.17) is 14.6 Å². The van der Waals surface area contributed by atoms with Gasteiger partial charge in [0.2, 0.25) is 0 Å². The summed E-state index contributed by atoms with van der Waals surface area (Å²) in [5.74, 6) is -0.189. The minimum absolute atomic E-state index is 0.110. The van der Waals surface area contributed by atoms with Crippen molar-refractivity contribution in [1.29, 1.82) is 0 Å². The normalized spacial score (nSPS) is 21.8. The van der Waals surface area contributed by atoms with E-state index in [1.165, 1.54) is 12.1 Å². The lowest BCUT2D eigenvalue weighted by molar-refractivity contribution is -0.122. The molecule has 7 nitrogen and oxygen atoms in total. The van der Waals surface area contributed by atoms with Crippen molar-refractivity contribution in [3.63, 3.8) is 0 Å². The number of rotatable bonds is 3. The van der Waals surface area contributed by atoms with Crippen LogP contribution in [0, 0.1) is 11.2 Å². The van der Waals surface area contributed by atoms with Crippen LogP contribution < -0.4 is 5.32 Å². The molecule has 3 aliphatic rings. The Labute approximate surface area is 183 Å². The zero-order valence-electron chi connectivity index (χ0n) is 18.1. The number of likely N-dealkylation sites (tertiary alicyclic amines) is 2. The molecule has 0 saturated carbocycles. The predicted octanol–water partition coefficient (Wildman–Crippen LogP) is 3.09. The second-order valence-corrected chi connectivity index (χ2v) is 8.83. The van der Waals surface area contributed by atoms with E-state index in [1.54, 1.807) is 0 Å². The van der Waals surface area contributed by atoms with Gasteiger partial charge in [-0.15, -0.1) is 0 Å². The maximum atomic E-state index is 13.0. The van der Waals surface area contributed by atoms with Gasteiger partial charge in [0.25, 0.3) is 6.47 Å². The number of ether oxygens (including phenoxy) is 1. The Balaban J connectivity index is 0.000000858. The molecule has 4 rings (SSSR count). The summed E-state index contributed by atoms with van der Waals surface area (Å²) in [6.07, 6.45) is 6.47. The van der Waals surface area contributed by atoms with Crippen molar-refractivity contribution in [3.05, 3.63) is 35.6 Å². The molecule has 2 N–H and O–H groups in total. The van der Waals surface area contributed by atoms with Crippen LogP contribution in [0.15, 0.2) is 24.3 Å². The third kappa shape index (κ3) is 6.90. The SMILES string of the molecule is O=C(NC1CCN(Cc2ccc(F)cc2)CC1)N1CCC2(CCOCC2)CC1.O=CO. The highest BCUT2D eigenvalue weighted by atomic mass is 19.1. The van der Waals surface area contributed by atoms with E-state index in [9.17, 15) is 9.18 Å². The number of carboxylic acid groups (broad SMARTS) is 1. The molecule has 0 radical (unpaired) electrons. The first-order chi connectivity index (χ1) is 15.0. The second-order valence-electron chi connectivity index (χ2n) is 8.83. The van der Waals surface area contributed by atoms with E-state index in [0.29, 0.717) is 5.41 Å². The summed E-state index contributed by atoms with van der Waals surface area (Å²) >= 11 is 0. The third-order valence-corrected chi connectivity index (χ3v) is 6.90. The van der Waals surface area contributed by atoms with Crippen molar-refractivity contribution in [2.45, 2.75) is 51.1 Å². The van der Waals surface area contributed by atoms with Crippen LogP contribution in [0.25, 0.3) is 0 Å². The summed E-state index contributed by atoms with van der Waals surface area (Å²) in [4.78, 5) is 25.4. The number of carbonyl (C=O) groups is 2. The van der Waals surface area contributed by atoms with E-state index in [2.05, 4.69) is 10.2 Å². The highest BCUT2D eigenvalue weighted by molar-refractivity contribution is 5.74. The van der Waals surface area contributed by atoms with E-state index < -0.39 is 0 Å². The molecule has 31 heavy (non-hydrogen) atoms. The zero-order valence-corrected chi connectivity index (χ0v) is 18.1. The van der Waals surface area contributed by atoms with Gasteiger partial charge in [-0.05, 0) is 61.6 Å². The molecule has 0 bridgehead atoms. The minimum Gasteiger partial charge on any atom is -0.483 e. The Kier molecular flexibility index (Phi) is 8.66. The van der Waals surface area contributed by atoms with Crippen molar-refractivity contribution >= 4 is 12.5 Å². The number of hydrogen-bond donors (Lipinski definition) is 2. The average Bonchev–Trinajstić information content (AvgIpc) is 2.78. The highest BCUT2D eigenvalue weighted by Gasteiger charge is 2.37. The van der Waals surface area contributed by atoms with Gasteiger partial charge in [-0.1, -0.05) is 12.1 Å². The molecule has 0 unspecified atom stereocenters. The highest BCUT2D eigenvalue weighted by Crippen LogP contribution is 2.40. The van der Waals surface area contributed by atoms with Gasteiger partial charge in [0, 0.05) is 52.0 Å². The largest absolute Gasteiger partial charge is 0.483 e. The Morgan fingerprint density at radius 2 is 1.68 bits per heavy atom. The Bertz CT molecular complexity index is 691. The molecule has 1 aromatic rings. The number of urea groups is 1. The number of hydrogen-bond acceptors (Lipinski definition) is 4. The van der Waals surface area contributed by atoms with Gasteiger partial charge in [0.05, 0.1) is 0 Å². The molecule has 0 atom stereocenters. The number of nitrogens with one attached hydrogen (secondary N) is 1. The fourth-order valence-electron chi connectivity index (χ4n) is 4.84. The van der Waals surface area contributed by atoms with Crippen LogP contribution >= 0.6 is 0 Å². The number of amides is 2. The molecule has 172 valence electrons. The van der Waals surface area contributed by atoms with Crippen LogP contribution in [0.3, 0.4) is 0 Å². The van der Waals surface area contributed by atoms with E-state index >= 15 is 0 Å². The summed E-state index contributed by atoms with van der Waals surface area (Å²) in [5.41, 5.74) is 1.56. The summed E-state index contributed by atoms with van der Waals surface area (Å²) in [6, 6.07) is 7.11. The molecular formula is C23H34FN3O4. The van der Waals surface area contributed by atoms with Gasteiger partial charge in [-0.2, -0.15) is 0 Å². The molecule has 1 aromatic carbocycles. The Morgan fingerprint density at radius 3 is 2.26 bits per heavy atom. The lowest BCUT2D eigenvalue weighted by Crippen LogP contribution is -2.52. The van der Waals surface area contributed by atoms with Crippen molar-refractivity contribution in [1.82, 2.24) is 15.1 Å². The first kappa shape index (κ1) is 23.5. The molecule has 3 fully saturated rings. The van der Waals surface area contributed by atoms with Crippen molar-refractivity contribution in [3.8, 4) is 0 Å². The van der Waals surface area contributed by atoms with Crippen LogP contribution in [0.1, 0.15) is 44.1 Å². The predicted molar refractivity (Wildman–Crippen MR) is 115 cm³/mol. The van der Waals surface area contributed by atoms with E-state index in [1.807, 2.05) is 17.0 Å². The van der Waals surface area contributed by atoms with Gasteiger partial charge in [-0.25, -0.2) is 9.18 Å². The second kappa shape index (κ2) is 11.4. The van der Waals surface area contributed by atoms with Crippen molar-refractivity contribution in [2.75, 3.05) is 39.4 Å². The molecule has 1 spiro atoms. The molecular weight excluding hydrogens is 401 g/mol. The smallest absolute Gasteiger partial charge is 0.317 e. The minimum atomic E-state index is -0.250. The summed E-state index contributed by atoms with van der Waals surface area (Å²) in [6.45, 7) is 6.02. The number of halogens is 1. The number of nitrogens with zero attached hydrogens (tertiary/aromatic N) is 2. The third-order valence-electron chi connectivity index (χ3n) is 6.90. The topological polar surface area (TPSA) is 82.1 Å². The summed E-state index contributed by atoms with van der Waals surface area (Å²) < 4.78 is 18.5. The molecule has 8 heteroatoms. The lowest BCUT2D eigenvalue weighted by atomic mass is 9.72. The van der Waals surface area contributed by atoms with Gasteiger partial charge >= 0.3 is 6.03 Å². The maximum absolute atomic E-state index is 13.0. The van der Waals surface area contributed by atoms with Gasteiger partial charge in [-0.3, -0.25) is 9.69 Å². The van der Waals surface area contributed by atoms with Gasteiger partial charge in [0.15, 0.2) is 0 Å². The van der Waals surface area contributed by atoms with E-state index in [0.717, 1.165) is 90.0 Å². The van der Waals surface area contributed by atoms with Crippen LogP contribution in [0.4, 0.5) is 9.18 Å². The molecule has 3 aliphatic heterocycles. The maximum Gasteiger partial charge on any atom is 0.317 e. The number of carbonyl (C=O) groups excluding carboxylic acids is 1. The van der Waals surface area contributed by atoms with Crippen molar-refractivity contribution < 1.29 is 23.8 Å². The average molecular weight is 436 g/mol. The number of benzene rings is 1. The summed E-state index contributed by atoms with van der Waals surface area (Å²) in [5, 5.41) is 10.1. The standard InChI is InChI=1S/C22H32FN3O2.CH2O2/c23-19-3-1-18(2-4-19)17-25-11-5-20(6-12-25)24-21(27)26-13-7-22(8-14-26)9-15-28-16-10-22;2-1-3/h1-4,20H,5-17H2,(H,24,27);1H,(H,2,3). The van der Waals surface area contributed by atoms with Gasteiger partial charge in [0.1, 0.15) is 5.82 Å². The first-order valence-corrected chi connectivity index (χ1v) is 11.2. The van der Waals surface area contributed by atoms with Gasteiger partial charge < -0.3 is 20.1 Å². The summed E-state index contributed by atoms with van der Waals surface area (Å²) in [7, 11) is 0. The van der Waals surface area contributed by atoms with Crippen LogP contribution in [0.5, 0.6) is 0 Å². The van der Waals surface area contributed by atoms with Crippen LogP contribution in [-0.2, 0) is 16.1 Å². The molecule has 2 amide bonds.